The molecule has 0 saturated heterocycles. The lowest BCUT2D eigenvalue weighted by molar-refractivity contribution is 0.414. The number of benzene rings is 3. The number of methoxy groups -OCH3 is 1. The van der Waals surface area contributed by atoms with Crippen molar-refractivity contribution in [3.63, 3.8) is 0 Å². The molecule has 1 aliphatic carbocycles. The number of rotatable bonds is 7. The average Bonchev–Trinajstić information content (AvgIpc) is 2.86. The predicted octanol–water partition coefficient (Wildman–Crippen LogP) is 6.55. The van der Waals surface area contributed by atoms with Gasteiger partial charge in [0.2, 0.25) is 0 Å². The highest BCUT2D eigenvalue weighted by Gasteiger charge is 2.22. The van der Waals surface area contributed by atoms with Crippen LogP contribution in [0.1, 0.15) is 54.8 Å². The summed E-state index contributed by atoms with van der Waals surface area (Å²) in [6.45, 7) is 0.773. The van der Waals surface area contributed by atoms with Crippen LogP contribution in [0.15, 0.2) is 89.9 Å². The fourth-order valence-corrected chi connectivity index (χ4v) is 4.36. The van der Waals surface area contributed by atoms with Crippen LogP contribution in [-0.2, 0) is 6.54 Å². The minimum atomic E-state index is 0.00249. The van der Waals surface area contributed by atoms with Gasteiger partial charge in [0.15, 0.2) is 0 Å². The Labute approximate surface area is 186 Å². The monoisotopic (exact) mass is 412 g/mol. The van der Waals surface area contributed by atoms with Crippen LogP contribution >= 0.6 is 0 Å². The number of amidine groups is 1. The summed E-state index contributed by atoms with van der Waals surface area (Å²) < 4.78 is 5.30. The van der Waals surface area contributed by atoms with Crippen molar-refractivity contribution in [2.45, 2.75) is 44.7 Å². The molecular formula is C28H32N2O. The number of hydrogen-bond acceptors (Lipinski definition) is 2. The topological polar surface area (TPSA) is 33.6 Å². The lowest BCUT2D eigenvalue weighted by Crippen LogP contribution is -2.32. The normalized spacial score (nSPS) is 15.1. The SMILES string of the molecule is COc1ccc(CNC(=NC(c2ccccc2)c2ccccc2)C2CCCCC2)cc1. The Morgan fingerprint density at radius 2 is 1.42 bits per heavy atom. The summed E-state index contributed by atoms with van der Waals surface area (Å²) >= 11 is 0. The molecule has 160 valence electrons. The van der Waals surface area contributed by atoms with E-state index in [2.05, 4.69) is 78.1 Å². The minimum Gasteiger partial charge on any atom is -0.497 e. The van der Waals surface area contributed by atoms with Gasteiger partial charge in [0.05, 0.1) is 7.11 Å². The van der Waals surface area contributed by atoms with Gasteiger partial charge in [-0.3, -0.25) is 4.99 Å². The third kappa shape index (κ3) is 5.75. The highest BCUT2D eigenvalue weighted by atomic mass is 16.5. The van der Waals surface area contributed by atoms with Crippen LogP contribution in [0.2, 0.25) is 0 Å². The van der Waals surface area contributed by atoms with E-state index >= 15 is 0 Å². The molecule has 0 spiro atoms. The van der Waals surface area contributed by atoms with E-state index in [0.717, 1.165) is 18.1 Å². The second-order valence-electron chi connectivity index (χ2n) is 8.27. The van der Waals surface area contributed by atoms with Crippen molar-refractivity contribution in [1.82, 2.24) is 5.32 Å². The number of ether oxygens (including phenoxy) is 1. The van der Waals surface area contributed by atoms with Gasteiger partial charge in [0.25, 0.3) is 0 Å². The summed E-state index contributed by atoms with van der Waals surface area (Å²) in [5.74, 6) is 2.54. The minimum absolute atomic E-state index is 0.00249. The zero-order chi connectivity index (χ0) is 21.3. The predicted molar refractivity (Wildman–Crippen MR) is 129 cm³/mol. The molecule has 0 atom stereocenters. The van der Waals surface area contributed by atoms with Crippen LogP contribution in [-0.4, -0.2) is 12.9 Å². The first-order valence-corrected chi connectivity index (χ1v) is 11.4. The van der Waals surface area contributed by atoms with E-state index in [0.29, 0.717) is 5.92 Å². The first-order chi connectivity index (χ1) is 15.3. The van der Waals surface area contributed by atoms with Gasteiger partial charge < -0.3 is 10.1 Å². The smallest absolute Gasteiger partial charge is 0.118 e. The van der Waals surface area contributed by atoms with Crippen LogP contribution < -0.4 is 10.1 Å². The van der Waals surface area contributed by atoms with Crippen molar-refractivity contribution < 1.29 is 4.74 Å². The highest BCUT2D eigenvalue weighted by Crippen LogP contribution is 2.30. The van der Waals surface area contributed by atoms with Gasteiger partial charge in [-0.25, -0.2) is 0 Å². The lowest BCUT2D eigenvalue weighted by Gasteiger charge is -2.26. The Bertz CT molecular complexity index is 906. The highest BCUT2D eigenvalue weighted by molar-refractivity contribution is 5.85. The molecular weight excluding hydrogens is 380 g/mol. The van der Waals surface area contributed by atoms with Crippen molar-refractivity contribution in [2.24, 2.45) is 10.9 Å². The average molecular weight is 413 g/mol. The third-order valence-corrected chi connectivity index (χ3v) is 6.12. The Hall–Kier alpha value is -3.07. The maximum absolute atomic E-state index is 5.37. The van der Waals surface area contributed by atoms with Crippen molar-refractivity contribution in [1.29, 1.82) is 0 Å². The molecule has 1 aliphatic rings. The Balaban J connectivity index is 1.64. The van der Waals surface area contributed by atoms with E-state index < -0.39 is 0 Å². The second-order valence-corrected chi connectivity index (χ2v) is 8.27. The molecule has 1 saturated carbocycles. The molecule has 0 radical (unpaired) electrons. The van der Waals surface area contributed by atoms with Gasteiger partial charge in [-0.1, -0.05) is 92.1 Å². The van der Waals surface area contributed by atoms with Crippen molar-refractivity contribution in [2.75, 3.05) is 7.11 Å². The Morgan fingerprint density at radius 3 is 1.97 bits per heavy atom. The Morgan fingerprint density at radius 1 is 0.839 bits per heavy atom. The summed E-state index contributed by atoms with van der Waals surface area (Å²) in [7, 11) is 1.70. The van der Waals surface area contributed by atoms with Crippen molar-refractivity contribution in [3.8, 4) is 5.75 Å². The summed E-state index contributed by atoms with van der Waals surface area (Å²) in [6, 6.07) is 29.6. The largest absolute Gasteiger partial charge is 0.497 e. The lowest BCUT2D eigenvalue weighted by atomic mass is 9.87. The quantitative estimate of drug-likeness (QED) is 0.352. The summed E-state index contributed by atoms with van der Waals surface area (Å²) in [4.78, 5) is 5.37. The van der Waals surface area contributed by atoms with Gasteiger partial charge >= 0.3 is 0 Å². The number of nitrogens with zero attached hydrogens (tertiary/aromatic N) is 1. The van der Waals surface area contributed by atoms with Gasteiger partial charge in [-0.2, -0.15) is 0 Å². The fraction of sp³-hybridized carbons (Fsp3) is 0.321. The summed E-state index contributed by atoms with van der Waals surface area (Å²) in [5, 5.41) is 3.72. The van der Waals surface area contributed by atoms with E-state index in [9.17, 15) is 0 Å². The first kappa shape index (κ1) is 21.2. The van der Waals surface area contributed by atoms with Crippen molar-refractivity contribution in [3.05, 3.63) is 102 Å². The van der Waals surface area contributed by atoms with E-state index in [1.54, 1.807) is 7.11 Å². The van der Waals surface area contributed by atoms with Gasteiger partial charge in [0.1, 0.15) is 17.6 Å². The maximum atomic E-state index is 5.37. The van der Waals surface area contributed by atoms with Crippen LogP contribution in [0.3, 0.4) is 0 Å². The number of nitrogens with one attached hydrogen (secondary N) is 1. The number of hydrogen-bond donors (Lipinski definition) is 1. The number of aliphatic imine (C=N–C) groups is 1. The summed E-state index contributed by atoms with van der Waals surface area (Å²) in [6.07, 6.45) is 6.34. The molecule has 0 amide bonds. The fourth-order valence-electron chi connectivity index (χ4n) is 4.36. The van der Waals surface area contributed by atoms with E-state index in [4.69, 9.17) is 9.73 Å². The zero-order valence-electron chi connectivity index (χ0n) is 18.3. The summed E-state index contributed by atoms with van der Waals surface area (Å²) in [5.41, 5.74) is 3.70. The second kappa shape index (κ2) is 10.8. The molecule has 0 aromatic heterocycles. The van der Waals surface area contributed by atoms with Crippen LogP contribution in [0.25, 0.3) is 0 Å². The molecule has 0 bridgehead atoms. The molecule has 1 N–H and O–H groups in total. The molecule has 0 unspecified atom stereocenters. The molecule has 3 heteroatoms. The molecule has 1 fully saturated rings. The van der Waals surface area contributed by atoms with Gasteiger partial charge in [-0.15, -0.1) is 0 Å². The van der Waals surface area contributed by atoms with E-state index in [-0.39, 0.29) is 6.04 Å². The standard InChI is InChI=1S/C28H32N2O/c1-31-26-19-17-22(18-20-26)21-29-28(25-15-9-4-10-16-25)30-27(23-11-5-2-6-12-23)24-13-7-3-8-14-24/h2-3,5-8,11-14,17-20,25,27H,4,9-10,15-16,21H2,1H3,(H,29,30). The van der Waals surface area contributed by atoms with Gasteiger partial charge in [0, 0.05) is 12.5 Å². The molecule has 0 aliphatic heterocycles. The molecule has 3 nitrogen and oxygen atoms in total. The Kier molecular flexibility index (Phi) is 7.38. The molecule has 4 rings (SSSR count). The van der Waals surface area contributed by atoms with Crippen molar-refractivity contribution >= 4 is 5.84 Å². The van der Waals surface area contributed by atoms with Crippen LogP contribution in [0.4, 0.5) is 0 Å². The maximum Gasteiger partial charge on any atom is 0.118 e. The van der Waals surface area contributed by atoms with Crippen LogP contribution in [0.5, 0.6) is 5.75 Å². The van der Waals surface area contributed by atoms with E-state index in [1.165, 1.54) is 48.8 Å². The van der Waals surface area contributed by atoms with Crippen LogP contribution in [0, 0.1) is 5.92 Å². The van der Waals surface area contributed by atoms with E-state index in [1.807, 2.05) is 12.1 Å². The molecule has 0 heterocycles. The molecule has 3 aromatic carbocycles. The zero-order valence-corrected chi connectivity index (χ0v) is 18.3. The van der Waals surface area contributed by atoms with Gasteiger partial charge in [-0.05, 0) is 41.7 Å². The third-order valence-electron chi connectivity index (χ3n) is 6.12. The molecule has 31 heavy (non-hydrogen) atoms. The first-order valence-electron chi connectivity index (χ1n) is 11.4. The molecule has 3 aromatic rings.